The van der Waals surface area contributed by atoms with Crippen LogP contribution in [-0.2, 0) is 12.8 Å². The number of aryl methyl sites for hydroxylation is 1. The van der Waals surface area contributed by atoms with Gasteiger partial charge in [-0.05, 0) is 61.6 Å². The van der Waals surface area contributed by atoms with Crippen LogP contribution in [0.4, 0.5) is 0 Å². The van der Waals surface area contributed by atoms with Crippen LogP contribution >= 0.6 is 0 Å². The van der Waals surface area contributed by atoms with Crippen LogP contribution in [0.2, 0.25) is 0 Å². The Kier molecular flexibility index (Phi) is 5.43. The zero-order valence-electron chi connectivity index (χ0n) is 14.4. The highest BCUT2D eigenvalue weighted by atomic mass is 14.9. The second-order valence-corrected chi connectivity index (χ2v) is 7.60. The van der Waals surface area contributed by atoms with Crippen molar-refractivity contribution in [3.8, 4) is 0 Å². The minimum Gasteiger partial charge on any atom is -0.317 e. The second kappa shape index (κ2) is 6.91. The molecule has 1 aromatic rings. The molecule has 0 amide bonds. The predicted octanol–water partition coefficient (Wildman–Crippen LogP) is 4.24. The number of nitrogens with zero attached hydrogens (tertiary/aromatic N) is 1. The topological polar surface area (TPSA) is 24.9 Å². The Morgan fingerprint density at radius 3 is 2.62 bits per heavy atom. The maximum absolute atomic E-state index is 4.67. The lowest BCUT2D eigenvalue weighted by molar-refractivity contribution is 0.0972. The summed E-state index contributed by atoms with van der Waals surface area (Å²) in [6, 6.07) is 5.11. The van der Waals surface area contributed by atoms with Crippen molar-refractivity contribution in [2.75, 3.05) is 7.05 Å². The fraction of sp³-hybridized carbons (Fsp3) is 0.737. The summed E-state index contributed by atoms with van der Waals surface area (Å²) < 4.78 is 0. The molecule has 1 aliphatic carbocycles. The van der Waals surface area contributed by atoms with Gasteiger partial charge in [-0.15, -0.1) is 0 Å². The van der Waals surface area contributed by atoms with Crippen molar-refractivity contribution in [2.24, 2.45) is 17.3 Å². The van der Waals surface area contributed by atoms with E-state index in [9.17, 15) is 0 Å². The molecule has 1 saturated carbocycles. The van der Waals surface area contributed by atoms with Crippen LogP contribution in [0.25, 0.3) is 0 Å². The monoisotopic (exact) mass is 288 g/mol. The molecule has 1 heterocycles. The Morgan fingerprint density at radius 2 is 2.05 bits per heavy atom. The quantitative estimate of drug-likeness (QED) is 0.876. The Labute approximate surface area is 130 Å². The molecule has 2 heteroatoms. The van der Waals surface area contributed by atoms with Crippen LogP contribution in [-0.4, -0.2) is 18.1 Å². The van der Waals surface area contributed by atoms with Crippen LogP contribution in [0.1, 0.15) is 58.2 Å². The molecule has 2 rings (SSSR count). The lowest BCUT2D eigenvalue weighted by Gasteiger charge is -2.44. The fourth-order valence-corrected chi connectivity index (χ4v) is 4.00. The first-order chi connectivity index (χ1) is 9.96. The van der Waals surface area contributed by atoms with E-state index in [1.54, 1.807) is 0 Å². The number of aromatic nitrogens is 1. The number of hydrogen-bond donors (Lipinski definition) is 1. The lowest BCUT2D eigenvalue weighted by atomic mass is 9.64. The van der Waals surface area contributed by atoms with Crippen molar-refractivity contribution in [2.45, 2.75) is 65.8 Å². The molecule has 2 nitrogen and oxygen atoms in total. The van der Waals surface area contributed by atoms with E-state index in [0.29, 0.717) is 11.5 Å². The molecule has 21 heavy (non-hydrogen) atoms. The molecular formula is C19H32N2. The average molecular weight is 288 g/mol. The largest absolute Gasteiger partial charge is 0.317 e. The lowest BCUT2D eigenvalue weighted by Crippen LogP contribution is -2.46. The van der Waals surface area contributed by atoms with Crippen LogP contribution < -0.4 is 5.32 Å². The molecule has 1 aliphatic rings. The summed E-state index contributed by atoms with van der Waals surface area (Å²) in [7, 11) is 2.13. The molecule has 0 aliphatic heterocycles. The summed E-state index contributed by atoms with van der Waals surface area (Å²) in [4.78, 5) is 4.67. The summed E-state index contributed by atoms with van der Waals surface area (Å²) >= 11 is 0. The maximum Gasteiger partial charge on any atom is 0.0409 e. The van der Waals surface area contributed by atoms with Gasteiger partial charge in [-0.1, -0.05) is 40.2 Å². The molecule has 3 unspecified atom stereocenters. The van der Waals surface area contributed by atoms with E-state index in [1.165, 1.54) is 30.5 Å². The van der Waals surface area contributed by atoms with Crippen molar-refractivity contribution in [1.82, 2.24) is 10.3 Å². The molecule has 0 bridgehead atoms. The average Bonchev–Trinajstić information content (AvgIpc) is 2.47. The van der Waals surface area contributed by atoms with Gasteiger partial charge in [0.1, 0.15) is 0 Å². The third-order valence-corrected chi connectivity index (χ3v) is 5.42. The zero-order valence-corrected chi connectivity index (χ0v) is 14.4. The molecular weight excluding hydrogens is 256 g/mol. The highest BCUT2D eigenvalue weighted by Crippen LogP contribution is 2.42. The summed E-state index contributed by atoms with van der Waals surface area (Å²) in [6.07, 6.45) is 8.21. The first kappa shape index (κ1) is 16.5. The van der Waals surface area contributed by atoms with E-state index in [1.807, 2.05) is 6.20 Å². The molecule has 1 fully saturated rings. The minimum atomic E-state index is 0.300. The summed E-state index contributed by atoms with van der Waals surface area (Å²) in [5.74, 6) is 1.60. The third-order valence-electron chi connectivity index (χ3n) is 5.42. The van der Waals surface area contributed by atoms with Gasteiger partial charge in [0.05, 0.1) is 0 Å². The van der Waals surface area contributed by atoms with Crippen molar-refractivity contribution >= 4 is 0 Å². The van der Waals surface area contributed by atoms with Crippen LogP contribution in [0.15, 0.2) is 18.3 Å². The van der Waals surface area contributed by atoms with Gasteiger partial charge in [0.2, 0.25) is 0 Å². The fourth-order valence-electron chi connectivity index (χ4n) is 4.00. The number of hydrogen-bond acceptors (Lipinski definition) is 2. The molecule has 0 aromatic carbocycles. The first-order valence-electron chi connectivity index (χ1n) is 8.57. The van der Waals surface area contributed by atoms with E-state index < -0.39 is 0 Å². The smallest absolute Gasteiger partial charge is 0.0409 e. The van der Waals surface area contributed by atoms with Crippen molar-refractivity contribution in [3.63, 3.8) is 0 Å². The van der Waals surface area contributed by atoms with Gasteiger partial charge in [0.15, 0.2) is 0 Å². The van der Waals surface area contributed by atoms with E-state index in [0.717, 1.165) is 24.7 Å². The molecule has 0 saturated heterocycles. The van der Waals surface area contributed by atoms with Crippen molar-refractivity contribution in [1.29, 1.82) is 0 Å². The van der Waals surface area contributed by atoms with E-state index in [4.69, 9.17) is 0 Å². The summed E-state index contributed by atoms with van der Waals surface area (Å²) in [6.45, 7) is 9.42. The predicted molar refractivity (Wildman–Crippen MR) is 90.5 cm³/mol. The molecule has 118 valence electrons. The van der Waals surface area contributed by atoms with Gasteiger partial charge >= 0.3 is 0 Å². The Morgan fingerprint density at radius 1 is 1.29 bits per heavy atom. The number of rotatable bonds is 5. The SMILES string of the molecule is CCc1ccc(CC(C)(C)C2CCC(C)CC2NC)nc1. The van der Waals surface area contributed by atoms with Gasteiger partial charge < -0.3 is 5.32 Å². The normalized spacial score (nSPS) is 26.8. The highest BCUT2D eigenvalue weighted by Gasteiger charge is 2.38. The van der Waals surface area contributed by atoms with E-state index >= 15 is 0 Å². The maximum atomic E-state index is 4.67. The van der Waals surface area contributed by atoms with Gasteiger partial charge in [-0.2, -0.15) is 0 Å². The molecule has 1 aromatic heterocycles. The third kappa shape index (κ3) is 4.06. The van der Waals surface area contributed by atoms with Crippen molar-refractivity contribution < 1.29 is 0 Å². The minimum absolute atomic E-state index is 0.300. The molecule has 0 radical (unpaired) electrons. The standard InChI is InChI=1S/C19H32N2/c1-6-15-8-9-16(21-13-15)12-19(3,4)17-10-7-14(2)11-18(17)20-5/h8-9,13-14,17-18,20H,6-7,10-12H2,1-5H3. The Hall–Kier alpha value is -0.890. The molecule has 0 spiro atoms. The van der Waals surface area contributed by atoms with Gasteiger partial charge in [-0.3, -0.25) is 4.98 Å². The zero-order chi connectivity index (χ0) is 15.5. The highest BCUT2D eigenvalue weighted by molar-refractivity contribution is 5.15. The van der Waals surface area contributed by atoms with Crippen LogP contribution in [0.3, 0.4) is 0 Å². The molecule has 3 atom stereocenters. The van der Waals surface area contributed by atoms with Crippen LogP contribution in [0.5, 0.6) is 0 Å². The Balaban J connectivity index is 2.08. The second-order valence-electron chi connectivity index (χ2n) is 7.60. The Bertz CT molecular complexity index is 435. The number of nitrogens with one attached hydrogen (secondary N) is 1. The summed E-state index contributed by atoms with van der Waals surface area (Å²) in [5, 5.41) is 3.57. The first-order valence-corrected chi connectivity index (χ1v) is 8.57. The number of pyridine rings is 1. The van der Waals surface area contributed by atoms with Crippen LogP contribution in [0, 0.1) is 17.3 Å². The van der Waals surface area contributed by atoms with Gasteiger partial charge in [0.25, 0.3) is 0 Å². The molecule has 1 N–H and O–H groups in total. The van der Waals surface area contributed by atoms with E-state index in [2.05, 4.69) is 57.2 Å². The van der Waals surface area contributed by atoms with Crippen molar-refractivity contribution in [3.05, 3.63) is 29.6 Å². The summed E-state index contributed by atoms with van der Waals surface area (Å²) in [5.41, 5.74) is 2.87. The van der Waals surface area contributed by atoms with Gasteiger partial charge in [0, 0.05) is 17.9 Å². The van der Waals surface area contributed by atoms with Gasteiger partial charge in [-0.25, -0.2) is 0 Å². The van der Waals surface area contributed by atoms with E-state index in [-0.39, 0.29) is 0 Å².